The Morgan fingerprint density at radius 2 is 2.50 bits per heavy atom. The summed E-state index contributed by atoms with van der Waals surface area (Å²) in [6, 6.07) is 1.86. The van der Waals surface area contributed by atoms with Crippen LogP contribution in [0.2, 0.25) is 0 Å². The zero-order valence-corrected chi connectivity index (χ0v) is 7.30. The van der Waals surface area contributed by atoms with Crippen LogP contribution in [0.3, 0.4) is 0 Å². The first-order valence-electron chi connectivity index (χ1n) is 3.66. The maximum atomic E-state index is 5.39. The number of hydrogen-bond acceptors (Lipinski definition) is 4. The highest BCUT2D eigenvalue weighted by atomic mass is 32.2. The fourth-order valence-corrected chi connectivity index (χ4v) is 1.69. The molecule has 0 aromatic carbocycles. The molecule has 0 aliphatic carbocycles. The van der Waals surface area contributed by atoms with Crippen LogP contribution in [0.5, 0.6) is 5.75 Å². The molecule has 0 N–H and O–H groups in total. The van der Waals surface area contributed by atoms with Gasteiger partial charge in [-0.3, -0.25) is 0 Å². The molecule has 0 spiro atoms. The molecule has 0 unspecified atom stereocenters. The minimum atomic E-state index is 0.750. The average molecular weight is 180 g/mol. The van der Waals surface area contributed by atoms with Crippen LogP contribution in [0.1, 0.15) is 5.69 Å². The van der Waals surface area contributed by atoms with Crippen molar-refractivity contribution in [1.29, 1.82) is 0 Å². The lowest BCUT2D eigenvalue weighted by Crippen LogP contribution is -2.08. The van der Waals surface area contributed by atoms with E-state index < -0.39 is 0 Å². The van der Waals surface area contributed by atoms with E-state index in [1.165, 1.54) is 0 Å². The molecule has 0 amide bonds. The summed E-state index contributed by atoms with van der Waals surface area (Å²) in [6.07, 6.45) is 1.66. The molecule has 4 heteroatoms. The second kappa shape index (κ2) is 3.15. The summed E-state index contributed by atoms with van der Waals surface area (Å²) in [5, 5.41) is 8.83. The standard InChI is InChI=1S/C8H8N2OS/c1-2-6-5-7-8(10-9-6)12-4-3-11-7/h2,5H,1,3-4H2. The third-order valence-electron chi connectivity index (χ3n) is 1.53. The van der Waals surface area contributed by atoms with Crippen LogP contribution in [0.15, 0.2) is 17.7 Å². The van der Waals surface area contributed by atoms with Crippen molar-refractivity contribution in [2.24, 2.45) is 0 Å². The van der Waals surface area contributed by atoms with Crippen LogP contribution in [-0.4, -0.2) is 22.6 Å². The van der Waals surface area contributed by atoms with Crippen molar-refractivity contribution in [3.63, 3.8) is 0 Å². The number of rotatable bonds is 1. The lowest BCUT2D eigenvalue weighted by atomic mass is 10.4. The SMILES string of the molecule is C=Cc1cc2c(nn1)SCCO2. The van der Waals surface area contributed by atoms with E-state index in [4.69, 9.17) is 4.74 Å². The van der Waals surface area contributed by atoms with Gasteiger partial charge in [-0.05, 0) is 6.08 Å². The summed E-state index contributed by atoms with van der Waals surface area (Å²) in [5.41, 5.74) is 0.760. The maximum absolute atomic E-state index is 5.39. The Morgan fingerprint density at radius 1 is 1.58 bits per heavy atom. The van der Waals surface area contributed by atoms with Crippen LogP contribution < -0.4 is 4.74 Å². The first kappa shape index (κ1) is 7.61. The highest BCUT2D eigenvalue weighted by Gasteiger charge is 2.12. The summed E-state index contributed by atoms with van der Waals surface area (Å²) in [4.78, 5) is 0. The summed E-state index contributed by atoms with van der Waals surface area (Å²) in [6.45, 7) is 4.36. The average Bonchev–Trinajstić information content (AvgIpc) is 2.17. The Balaban J connectivity index is 2.42. The van der Waals surface area contributed by atoms with Gasteiger partial charge in [-0.1, -0.05) is 18.3 Å². The minimum Gasteiger partial charge on any atom is -0.490 e. The summed E-state index contributed by atoms with van der Waals surface area (Å²) >= 11 is 1.67. The molecule has 0 saturated carbocycles. The van der Waals surface area contributed by atoms with E-state index in [2.05, 4.69) is 16.8 Å². The van der Waals surface area contributed by atoms with E-state index in [9.17, 15) is 0 Å². The van der Waals surface area contributed by atoms with Crippen molar-refractivity contribution in [2.75, 3.05) is 12.4 Å². The van der Waals surface area contributed by atoms with Crippen LogP contribution in [0.25, 0.3) is 6.08 Å². The first-order chi connectivity index (χ1) is 5.90. The van der Waals surface area contributed by atoms with E-state index in [1.54, 1.807) is 17.8 Å². The molecular weight excluding hydrogens is 172 g/mol. The van der Waals surface area contributed by atoms with Crippen LogP contribution in [-0.2, 0) is 0 Å². The molecule has 2 heterocycles. The fourth-order valence-electron chi connectivity index (χ4n) is 0.970. The molecule has 1 aromatic heterocycles. The Kier molecular flexibility index (Phi) is 1.99. The third-order valence-corrected chi connectivity index (χ3v) is 2.46. The van der Waals surface area contributed by atoms with Crippen LogP contribution in [0.4, 0.5) is 0 Å². The minimum absolute atomic E-state index is 0.750. The number of ether oxygens (including phenoxy) is 1. The molecule has 0 fully saturated rings. The Bertz CT molecular complexity index is 314. The molecule has 3 nitrogen and oxygen atoms in total. The van der Waals surface area contributed by atoms with Crippen LogP contribution in [0, 0.1) is 0 Å². The van der Waals surface area contributed by atoms with Gasteiger partial charge < -0.3 is 4.74 Å². The summed E-state index contributed by atoms with van der Waals surface area (Å²) in [7, 11) is 0. The maximum Gasteiger partial charge on any atom is 0.161 e. The Labute approximate surface area is 74.8 Å². The molecule has 1 aromatic rings. The number of fused-ring (bicyclic) bond motifs is 1. The van der Waals surface area contributed by atoms with Gasteiger partial charge in [0, 0.05) is 11.8 Å². The van der Waals surface area contributed by atoms with Gasteiger partial charge in [-0.25, -0.2) is 0 Å². The fraction of sp³-hybridized carbons (Fsp3) is 0.250. The zero-order chi connectivity index (χ0) is 8.39. The zero-order valence-electron chi connectivity index (χ0n) is 6.49. The predicted octanol–water partition coefficient (Wildman–Crippen LogP) is 1.60. The van der Waals surface area contributed by atoms with E-state index in [-0.39, 0.29) is 0 Å². The summed E-state index contributed by atoms with van der Waals surface area (Å²) in [5.74, 6) is 1.78. The van der Waals surface area contributed by atoms with Crippen molar-refractivity contribution in [2.45, 2.75) is 5.03 Å². The van der Waals surface area contributed by atoms with E-state index >= 15 is 0 Å². The molecular formula is C8H8N2OS. The lowest BCUT2D eigenvalue weighted by molar-refractivity contribution is 0.324. The first-order valence-corrected chi connectivity index (χ1v) is 4.64. The number of hydrogen-bond donors (Lipinski definition) is 0. The normalized spacial score (nSPS) is 14.7. The highest BCUT2D eigenvalue weighted by molar-refractivity contribution is 7.99. The molecule has 2 rings (SSSR count). The van der Waals surface area contributed by atoms with Gasteiger partial charge in [0.2, 0.25) is 0 Å². The molecule has 0 atom stereocenters. The van der Waals surface area contributed by atoms with Gasteiger partial charge >= 0.3 is 0 Å². The second-order valence-electron chi connectivity index (χ2n) is 2.34. The predicted molar refractivity (Wildman–Crippen MR) is 48.3 cm³/mol. The van der Waals surface area contributed by atoms with Gasteiger partial charge in [0.05, 0.1) is 12.3 Å². The number of nitrogens with zero attached hydrogens (tertiary/aromatic N) is 2. The van der Waals surface area contributed by atoms with Gasteiger partial charge in [-0.2, -0.15) is 0 Å². The van der Waals surface area contributed by atoms with Crippen molar-refractivity contribution in [3.05, 3.63) is 18.3 Å². The lowest BCUT2D eigenvalue weighted by Gasteiger charge is -2.14. The monoisotopic (exact) mass is 180 g/mol. The molecule has 62 valence electrons. The molecule has 1 aliphatic rings. The van der Waals surface area contributed by atoms with Gasteiger partial charge in [0.25, 0.3) is 0 Å². The van der Waals surface area contributed by atoms with E-state index in [0.29, 0.717) is 0 Å². The third kappa shape index (κ3) is 1.30. The van der Waals surface area contributed by atoms with Gasteiger partial charge in [0.15, 0.2) is 10.8 Å². The second-order valence-corrected chi connectivity index (χ2v) is 3.42. The topological polar surface area (TPSA) is 35.0 Å². The largest absolute Gasteiger partial charge is 0.490 e. The summed E-state index contributed by atoms with van der Waals surface area (Å²) < 4.78 is 5.39. The molecule has 0 bridgehead atoms. The van der Waals surface area contributed by atoms with E-state index in [1.807, 2.05) is 6.07 Å². The van der Waals surface area contributed by atoms with Crippen molar-refractivity contribution < 1.29 is 4.74 Å². The van der Waals surface area contributed by atoms with Gasteiger partial charge in [-0.15, -0.1) is 10.2 Å². The van der Waals surface area contributed by atoms with Gasteiger partial charge in [0.1, 0.15) is 0 Å². The Hall–Kier alpha value is -1.03. The molecule has 0 radical (unpaired) electrons. The quantitative estimate of drug-likeness (QED) is 0.657. The van der Waals surface area contributed by atoms with E-state index in [0.717, 1.165) is 28.8 Å². The van der Waals surface area contributed by atoms with Crippen molar-refractivity contribution in [1.82, 2.24) is 10.2 Å². The number of thioether (sulfide) groups is 1. The molecule has 1 aliphatic heterocycles. The highest BCUT2D eigenvalue weighted by Crippen LogP contribution is 2.30. The number of aromatic nitrogens is 2. The molecule has 0 saturated heterocycles. The van der Waals surface area contributed by atoms with Crippen molar-refractivity contribution >= 4 is 17.8 Å². The Morgan fingerprint density at radius 3 is 3.33 bits per heavy atom. The van der Waals surface area contributed by atoms with Crippen molar-refractivity contribution in [3.8, 4) is 5.75 Å². The smallest absolute Gasteiger partial charge is 0.161 e. The molecule has 12 heavy (non-hydrogen) atoms. The van der Waals surface area contributed by atoms with Crippen LogP contribution >= 0.6 is 11.8 Å².